The van der Waals surface area contributed by atoms with Crippen molar-refractivity contribution in [1.29, 1.82) is 0 Å². The van der Waals surface area contributed by atoms with E-state index in [0.717, 1.165) is 11.1 Å². The highest BCUT2D eigenvalue weighted by atomic mass is 16.6. The minimum Gasteiger partial charge on any atom is -0.423 e. The van der Waals surface area contributed by atoms with E-state index in [4.69, 9.17) is 9.47 Å². The van der Waals surface area contributed by atoms with Crippen molar-refractivity contribution < 1.29 is 23.9 Å². The van der Waals surface area contributed by atoms with Gasteiger partial charge in [-0.15, -0.1) is 0 Å². The van der Waals surface area contributed by atoms with Gasteiger partial charge in [-0.2, -0.15) is 0 Å². The van der Waals surface area contributed by atoms with E-state index >= 15 is 0 Å². The Hall–Kier alpha value is -3.15. The molecule has 2 rings (SSSR count). The highest BCUT2D eigenvalue weighted by molar-refractivity contribution is 5.94. The Morgan fingerprint density at radius 2 is 1.50 bits per heavy atom. The monoisotopic (exact) mass is 355 g/mol. The molecule has 136 valence electrons. The standard InChI is InChI=1S/C20H21NO5/c1-12-5-7-17(9-13(12)2)20(24)21-11-16-6-8-18(25-14(3)22)19(10-16)26-15(4)23/h5-10H,11H2,1-4H3,(H,21,24). The minimum atomic E-state index is -0.533. The first-order valence-electron chi connectivity index (χ1n) is 8.11. The predicted molar refractivity (Wildman–Crippen MR) is 96.1 cm³/mol. The molecule has 0 saturated heterocycles. The van der Waals surface area contributed by atoms with Crippen molar-refractivity contribution >= 4 is 17.8 Å². The van der Waals surface area contributed by atoms with E-state index in [-0.39, 0.29) is 24.0 Å². The molecule has 0 bridgehead atoms. The van der Waals surface area contributed by atoms with Crippen LogP contribution in [0.2, 0.25) is 0 Å². The van der Waals surface area contributed by atoms with Crippen molar-refractivity contribution in [3.05, 3.63) is 58.7 Å². The van der Waals surface area contributed by atoms with Crippen molar-refractivity contribution in [3.8, 4) is 11.5 Å². The van der Waals surface area contributed by atoms with Crippen LogP contribution in [-0.2, 0) is 16.1 Å². The van der Waals surface area contributed by atoms with Crippen LogP contribution in [0, 0.1) is 13.8 Å². The number of carbonyl (C=O) groups is 3. The van der Waals surface area contributed by atoms with Gasteiger partial charge in [-0.3, -0.25) is 14.4 Å². The summed E-state index contributed by atoms with van der Waals surface area (Å²) >= 11 is 0. The summed E-state index contributed by atoms with van der Waals surface area (Å²) in [6.45, 7) is 6.69. The second-order valence-electron chi connectivity index (χ2n) is 5.95. The molecule has 0 heterocycles. The molecule has 0 spiro atoms. The second-order valence-corrected chi connectivity index (χ2v) is 5.95. The third kappa shape index (κ3) is 5.17. The molecule has 0 unspecified atom stereocenters. The van der Waals surface area contributed by atoms with E-state index < -0.39 is 11.9 Å². The molecular weight excluding hydrogens is 334 g/mol. The summed E-state index contributed by atoms with van der Waals surface area (Å²) in [6.07, 6.45) is 0. The number of hydrogen-bond acceptors (Lipinski definition) is 5. The van der Waals surface area contributed by atoms with E-state index in [9.17, 15) is 14.4 Å². The number of benzene rings is 2. The molecule has 6 heteroatoms. The van der Waals surface area contributed by atoms with Gasteiger partial charge in [0, 0.05) is 26.0 Å². The Kier molecular flexibility index (Phi) is 6.11. The maximum Gasteiger partial charge on any atom is 0.308 e. The third-order valence-corrected chi connectivity index (χ3v) is 3.74. The van der Waals surface area contributed by atoms with Crippen LogP contribution in [0.1, 0.15) is 40.9 Å². The summed E-state index contributed by atoms with van der Waals surface area (Å²) in [4.78, 5) is 34.7. The largest absolute Gasteiger partial charge is 0.423 e. The summed E-state index contributed by atoms with van der Waals surface area (Å²) in [7, 11) is 0. The highest BCUT2D eigenvalue weighted by Gasteiger charge is 2.12. The molecule has 6 nitrogen and oxygen atoms in total. The van der Waals surface area contributed by atoms with Gasteiger partial charge in [0.05, 0.1) is 0 Å². The van der Waals surface area contributed by atoms with Gasteiger partial charge >= 0.3 is 11.9 Å². The van der Waals surface area contributed by atoms with E-state index in [2.05, 4.69) is 5.32 Å². The van der Waals surface area contributed by atoms with Crippen LogP contribution in [0.25, 0.3) is 0 Å². The Balaban J connectivity index is 2.13. The number of esters is 2. The topological polar surface area (TPSA) is 81.7 Å². The van der Waals surface area contributed by atoms with Crippen LogP contribution >= 0.6 is 0 Å². The molecule has 1 N–H and O–H groups in total. The summed E-state index contributed by atoms with van der Waals surface area (Å²) in [6, 6.07) is 10.3. The number of carbonyl (C=O) groups excluding carboxylic acids is 3. The molecule has 0 aliphatic heterocycles. The maximum absolute atomic E-state index is 12.3. The Labute approximate surface area is 152 Å². The lowest BCUT2D eigenvalue weighted by Gasteiger charge is -2.11. The van der Waals surface area contributed by atoms with Crippen molar-refractivity contribution in [2.75, 3.05) is 0 Å². The van der Waals surface area contributed by atoms with Gasteiger partial charge in [0.15, 0.2) is 11.5 Å². The summed E-state index contributed by atoms with van der Waals surface area (Å²) in [5.41, 5.74) is 3.44. The molecule has 0 atom stereocenters. The average Bonchev–Trinajstić information content (AvgIpc) is 2.56. The number of amides is 1. The smallest absolute Gasteiger partial charge is 0.308 e. The number of nitrogens with one attached hydrogen (secondary N) is 1. The summed E-state index contributed by atoms with van der Waals surface area (Å²) in [5, 5.41) is 2.82. The Morgan fingerprint density at radius 1 is 0.846 bits per heavy atom. The van der Waals surface area contributed by atoms with E-state index in [1.807, 2.05) is 26.0 Å². The summed E-state index contributed by atoms with van der Waals surface area (Å²) < 4.78 is 10.1. The quantitative estimate of drug-likeness (QED) is 0.658. The third-order valence-electron chi connectivity index (χ3n) is 3.74. The van der Waals surface area contributed by atoms with Gasteiger partial charge in [-0.25, -0.2) is 0 Å². The first kappa shape index (κ1) is 19.2. The molecule has 0 aliphatic carbocycles. The fourth-order valence-corrected chi connectivity index (χ4v) is 2.30. The molecule has 0 radical (unpaired) electrons. The van der Waals surface area contributed by atoms with Crippen molar-refractivity contribution in [2.24, 2.45) is 0 Å². The Bertz CT molecular complexity index is 857. The number of aryl methyl sites for hydroxylation is 2. The predicted octanol–water partition coefficient (Wildman–Crippen LogP) is 3.08. The van der Waals surface area contributed by atoms with Crippen LogP contribution in [0.15, 0.2) is 36.4 Å². The minimum absolute atomic E-state index is 0.130. The lowest BCUT2D eigenvalue weighted by molar-refractivity contribution is -0.134. The van der Waals surface area contributed by atoms with E-state index in [0.29, 0.717) is 11.1 Å². The molecular formula is C20H21NO5. The molecule has 2 aromatic rings. The molecule has 0 fully saturated rings. The second kappa shape index (κ2) is 8.29. The van der Waals surface area contributed by atoms with Crippen LogP contribution in [0.5, 0.6) is 11.5 Å². The zero-order valence-corrected chi connectivity index (χ0v) is 15.2. The fourth-order valence-electron chi connectivity index (χ4n) is 2.30. The van der Waals surface area contributed by atoms with Gasteiger partial charge in [-0.05, 0) is 54.8 Å². The molecule has 0 aliphatic rings. The summed E-state index contributed by atoms with van der Waals surface area (Å²) in [5.74, 6) is -0.974. The maximum atomic E-state index is 12.3. The van der Waals surface area contributed by atoms with Gasteiger partial charge < -0.3 is 14.8 Å². The molecule has 1 amide bonds. The number of ether oxygens (including phenoxy) is 2. The zero-order valence-electron chi connectivity index (χ0n) is 15.2. The van der Waals surface area contributed by atoms with E-state index in [1.165, 1.54) is 19.9 Å². The first-order chi connectivity index (χ1) is 12.3. The molecule has 0 saturated carbocycles. The molecule has 26 heavy (non-hydrogen) atoms. The first-order valence-corrected chi connectivity index (χ1v) is 8.11. The van der Waals surface area contributed by atoms with Crippen LogP contribution in [0.3, 0.4) is 0 Å². The van der Waals surface area contributed by atoms with Crippen LogP contribution < -0.4 is 14.8 Å². The lowest BCUT2D eigenvalue weighted by atomic mass is 10.1. The van der Waals surface area contributed by atoms with Crippen molar-refractivity contribution in [3.63, 3.8) is 0 Å². The lowest BCUT2D eigenvalue weighted by Crippen LogP contribution is -2.23. The number of hydrogen-bond donors (Lipinski definition) is 1. The zero-order chi connectivity index (χ0) is 19.3. The normalized spacial score (nSPS) is 10.2. The van der Waals surface area contributed by atoms with E-state index in [1.54, 1.807) is 18.2 Å². The highest BCUT2D eigenvalue weighted by Crippen LogP contribution is 2.29. The SMILES string of the molecule is CC(=O)Oc1ccc(CNC(=O)c2ccc(C)c(C)c2)cc1OC(C)=O. The van der Waals surface area contributed by atoms with Crippen molar-refractivity contribution in [1.82, 2.24) is 5.32 Å². The Morgan fingerprint density at radius 3 is 2.12 bits per heavy atom. The van der Waals surface area contributed by atoms with Gasteiger partial charge in [-0.1, -0.05) is 12.1 Å². The van der Waals surface area contributed by atoms with Crippen LogP contribution in [0.4, 0.5) is 0 Å². The average molecular weight is 355 g/mol. The molecule has 0 aromatic heterocycles. The van der Waals surface area contributed by atoms with Crippen LogP contribution in [-0.4, -0.2) is 17.8 Å². The fraction of sp³-hybridized carbons (Fsp3) is 0.250. The number of rotatable bonds is 5. The van der Waals surface area contributed by atoms with Gasteiger partial charge in [0.25, 0.3) is 5.91 Å². The molecule has 2 aromatic carbocycles. The van der Waals surface area contributed by atoms with Crippen molar-refractivity contribution in [2.45, 2.75) is 34.2 Å². The van der Waals surface area contributed by atoms with Gasteiger partial charge in [0.1, 0.15) is 0 Å². The van der Waals surface area contributed by atoms with Gasteiger partial charge in [0.2, 0.25) is 0 Å².